The van der Waals surface area contributed by atoms with Crippen LogP contribution in [0.3, 0.4) is 0 Å². The van der Waals surface area contributed by atoms with Crippen molar-refractivity contribution < 1.29 is 13.2 Å². The number of carbonyl (C=O) groups excluding carboxylic acids is 1. The van der Waals surface area contributed by atoms with Gasteiger partial charge in [-0.3, -0.25) is 9.69 Å². The molecular formula is C23H28ClN3O3S. The van der Waals surface area contributed by atoms with Crippen LogP contribution in [0.4, 0.5) is 0 Å². The normalized spacial score (nSPS) is 21.2. The number of hydrogen-bond acceptors (Lipinski definition) is 4. The molecule has 2 heterocycles. The monoisotopic (exact) mass is 461 g/mol. The summed E-state index contributed by atoms with van der Waals surface area (Å²) in [5, 5.41) is 0.731. The molecule has 166 valence electrons. The second kappa shape index (κ2) is 9.69. The van der Waals surface area contributed by atoms with Gasteiger partial charge in [-0.2, -0.15) is 4.31 Å². The van der Waals surface area contributed by atoms with Gasteiger partial charge in [-0.05, 0) is 42.7 Å². The first-order valence-electron chi connectivity index (χ1n) is 10.7. The summed E-state index contributed by atoms with van der Waals surface area (Å²) in [6.45, 7) is 4.55. The lowest BCUT2D eigenvalue weighted by Crippen LogP contribution is -2.52. The number of rotatable bonds is 5. The van der Waals surface area contributed by atoms with Gasteiger partial charge in [0.15, 0.2) is 0 Å². The molecule has 4 rings (SSSR count). The Morgan fingerprint density at radius 2 is 1.61 bits per heavy atom. The van der Waals surface area contributed by atoms with E-state index in [-0.39, 0.29) is 18.4 Å². The molecule has 2 aromatic carbocycles. The van der Waals surface area contributed by atoms with Crippen LogP contribution in [-0.4, -0.2) is 67.7 Å². The Kier molecular flexibility index (Phi) is 6.96. The summed E-state index contributed by atoms with van der Waals surface area (Å²) in [7, 11) is -3.56. The van der Waals surface area contributed by atoms with Crippen molar-refractivity contribution >= 4 is 27.5 Å². The zero-order valence-electron chi connectivity index (χ0n) is 17.5. The molecule has 2 aliphatic heterocycles. The second-order valence-electron chi connectivity index (χ2n) is 8.24. The van der Waals surface area contributed by atoms with E-state index in [9.17, 15) is 13.2 Å². The van der Waals surface area contributed by atoms with E-state index in [4.69, 9.17) is 11.6 Å². The van der Waals surface area contributed by atoms with Crippen LogP contribution in [0.2, 0.25) is 5.02 Å². The molecule has 1 unspecified atom stereocenters. The number of piperazine rings is 1. The van der Waals surface area contributed by atoms with Gasteiger partial charge in [0.2, 0.25) is 15.9 Å². The molecule has 2 saturated heterocycles. The van der Waals surface area contributed by atoms with E-state index in [1.165, 1.54) is 9.87 Å². The highest BCUT2D eigenvalue weighted by molar-refractivity contribution is 7.89. The molecule has 0 aliphatic carbocycles. The highest BCUT2D eigenvalue weighted by Gasteiger charge is 2.35. The van der Waals surface area contributed by atoms with E-state index >= 15 is 0 Å². The average molecular weight is 462 g/mol. The Morgan fingerprint density at radius 3 is 2.29 bits per heavy atom. The van der Waals surface area contributed by atoms with E-state index in [1.54, 1.807) is 30.3 Å². The number of hydrogen-bond donors (Lipinski definition) is 0. The van der Waals surface area contributed by atoms with Crippen LogP contribution >= 0.6 is 11.6 Å². The maximum absolute atomic E-state index is 13.1. The van der Waals surface area contributed by atoms with Crippen LogP contribution in [0.15, 0.2) is 59.5 Å². The van der Waals surface area contributed by atoms with Crippen molar-refractivity contribution in [3.05, 3.63) is 65.2 Å². The zero-order chi connectivity index (χ0) is 21.8. The molecule has 8 heteroatoms. The number of piperidine rings is 1. The maximum Gasteiger partial charge on any atom is 0.243 e. The van der Waals surface area contributed by atoms with Crippen LogP contribution in [0.1, 0.15) is 18.4 Å². The van der Waals surface area contributed by atoms with E-state index < -0.39 is 10.0 Å². The van der Waals surface area contributed by atoms with E-state index in [0.717, 1.165) is 31.1 Å². The second-order valence-corrected chi connectivity index (χ2v) is 10.6. The molecule has 2 aromatic rings. The van der Waals surface area contributed by atoms with Gasteiger partial charge >= 0.3 is 0 Å². The fraction of sp³-hybridized carbons (Fsp3) is 0.435. The maximum atomic E-state index is 13.1. The predicted octanol–water partition coefficient (Wildman–Crippen LogP) is 3.09. The van der Waals surface area contributed by atoms with E-state index in [0.29, 0.717) is 31.0 Å². The number of carbonyl (C=O) groups is 1. The van der Waals surface area contributed by atoms with Crippen LogP contribution < -0.4 is 0 Å². The lowest BCUT2D eigenvalue weighted by molar-refractivity contribution is -0.138. The summed E-state index contributed by atoms with van der Waals surface area (Å²) < 4.78 is 27.4. The highest BCUT2D eigenvalue weighted by Crippen LogP contribution is 2.25. The quantitative estimate of drug-likeness (QED) is 0.686. The number of benzene rings is 2. The zero-order valence-corrected chi connectivity index (χ0v) is 19.1. The van der Waals surface area contributed by atoms with Gasteiger partial charge in [0.25, 0.3) is 0 Å². The Morgan fingerprint density at radius 1 is 0.935 bits per heavy atom. The van der Waals surface area contributed by atoms with Crippen molar-refractivity contribution in [1.82, 2.24) is 14.1 Å². The summed E-state index contributed by atoms with van der Waals surface area (Å²) in [5.74, 6) is -0.186. The highest BCUT2D eigenvalue weighted by atomic mass is 35.5. The van der Waals surface area contributed by atoms with Crippen molar-refractivity contribution in [3.8, 4) is 0 Å². The van der Waals surface area contributed by atoms with Gasteiger partial charge in [0.1, 0.15) is 0 Å². The Bertz CT molecular complexity index is 990. The van der Waals surface area contributed by atoms with Crippen LogP contribution in [0.25, 0.3) is 0 Å². The largest absolute Gasteiger partial charge is 0.340 e. The lowest BCUT2D eigenvalue weighted by Gasteiger charge is -2.38. The molecule has 0 radical (unpaired) electrons. The first kappa shape index (κ1) is 22.3. The van der Waals surface area contributed by atoms with Crippen LogP contribution in [0, 0.1) is 5.92 Å². The van der Waals surface area contributed by atoms with Crippen molar-refractivity contribution in [2.45, 2.75) is 24.3 Å². The molecule has 1 atom stereocenters. The minimum Gasteiger partial charge on any atom is -0.340 e. The number of halogens is 1. The molecular weight excluding hydrogens is 434 g/mol. The third kappa shape index (κ3) is 5.29. The Labute approximate surface area is 189 Å². The van der Waals surface area contributed by atoms with Crippen LogP contribution in [0.5, 0.6) is 0 Å². The fourth-order valence-electron chi connectivity index (χ4n) is 4.34. The molecule has 0 saturated carbocycles. The molecule has 1 amide bonds. The third-order valence-corrected chi connectivity index (χ3v) is 8.25. The molecule has 2 aliphatic rings. The smallest absolute Gasteiger partial charge is 0.243 e. The molecule has 31 heavy (non-hydrogen) atoms. The van der Waals surface area contributed by atoms with Gasteiger partial charge in [-0.1, -0.05) is 41.9 Å². The number of nitrogens with zero attached hydrogens (tertiary/aromatic N) is 3. The summed E-state index contributed by atoms with van der Waals surface area (Å²) in [6.07, 6.45) is 1.45. The number of amides is 1. The first-order valence-corrected chi connectivity index (χ1v) is 12.6. The minimum atomic E-state index is -3.56. The Hall–Kier alpha value is -1.93. The topological polar surface area (TPSA) is 60.9 Å². The molecule has 0 N–H and O–H groups in total. The van der Waals surface area contributed by atoms with Gasteiger partial charge in [0.05, 0.1) is 10.8 Å². The van der Waals surface area contributed by atoms with Crippen molar-refractivity contribution in [2.75, 3.05) is 39.3 Å². The summed E-state index contributed by atoms with van der Waals surface area (Å²) in [4.78, 5) is 17.7. The van der Waals surface area contributed by atoms with Crippen molar-refractivity contribution in [1.29, 1.82) is 0 Å². The average Bonchev–Trinajstić information content (AvgIpc) is 2.81. The van der Waals surface area contributed by atoms with Gasteiger partial charge in [-0.15, -0.1) is 0 Å². The Balaban J connectivity index is 1.33. The molecule has 6 nitrogen and oxygen atoms in total. The summed E-state index contributed by atoms with van der Waals surface area (Å²) in [5.41, 5.74) is 1.21. The summed E-state index contributed by atoms with van der Waals surface area (Å²) in [6, 6.07) is 16.3. The lowest BCUT2D eigenvalue weighted by atomic mass is 9.97. The number of sulfonamides is 1. The predicted molar refractivity (Wildman–Crippen MR) is 121 cm³/mol. The van der Waals surface area contributed by atoms with Crippen molar-refractivity contribution in [3.63, 3.8) is 0 Å². The van der Waals surface area contributed by atoms with Gasteiger partial charge in [-0.25, -0.2) is 8.42 Å². The fourth-order valence-corrected chi connectivity index (χ4v) is 6.01. The van der Waals surface area contributed by atoms with E-state index in [1.807, 2.05) is 29.2 Å². The van der Waals surface area contributed by atoms with Crippen molar-refractivity contribution in [2.24, 2.45) is 5.92 Å². The minimum absolute atomic E-state index is 0.0825. The summed E-state index contributed by atoms with van der Waals surface area (Å²) >= 11 is 5.96. The van der Waals surface area contributed by atoms with E-state index in [2.05, 4.69) is 4.90 Å². The standard InChI is InChI=1S/C23H28ClN3O3S/c24-21-10-8-19(9-11-21)17-25-13-15-26(16-14-25)23(28)20-5-4-12-27(18-20)31(29,30)22-6-2-1-3-7-22/h1-3,6-11,20H,4-5,12-18H2. The first-order chi connectivity index (χ1) is 14.9. The molecule has 2 fully saturated rings. The third-order valence-electron chi connectivity index (χ3n) is 6.12. The van der Waals surface area contributed by atoms with Gasteiger partial charge in [0, 0.05) is 50.8 Å². The van der Waals surface area contributed by atoms with Gasteiger partial charge < -0.3 is 4.90 Å². The molecule has 0 aromatic heterocycles. The SMILES string of the molecule is O=C(C1CCCN(S(=O)(=O)c2ccccc2)C1)N1CCN(Cc2ccc(Cl)cc2)CC1. The molecule has 0 bridgehead atoms. The molecule has 0 spiro atoms. The van der Waals surface area contributed by atoms with Crippen LogP contribution in [-0.2, 0) is 21.4 Å².